The van der Waals surface area contributed by atoms with E-state index in [1.165, 1.54) is 0 Å². The van der Waals surface area contributed by atoms with Gasteiger partial charge in [-0.2, -0.15) is 9.90 Å². The van der Waals surface area contributed by atoms with Gasteiger partial charge < -0.3 is 15.3 Å². The molecule has 0 saturated carbocycles. The Morgan fingerprint density at radius 1 is 0.625 bits per heavy atom. The fraction of sp³-hybridized carbons (Fsp3) is 0. The third-order valence-corrected chi connectivity index (χ3v) is 0. The van der Waals surface area contributed by atoms with Crippen molar-refractivity contribution < 1.29 is 34.8 Å². The second kappa shape index (κ2) is 438. The van der Waals surface area contributed by atoms with E-state index in [2.05, 4.69) is 21.3 Å². The van der Waals surface area contributed by atoms with Crippen LogP contribution < -0.4 is 0 Å². The van der Waals surface area contributed by atoms with Crippen LogP contribution in [0.15, 0.2) is 0 Å². The maximum Gasteiger partial charge on any atom is 3.00 e. The zero-order valence-electron chi connectivity index (χ0n) is 4.50. The molecule has 0 rings (SSSR count). The Kier molecular flexibility index (Phi) is 1990. The first-order chi connectivity index (χ1) is 3.00. The number of aliphatic hydroxyl groups is 3. The zero-order chi connectivity index (χ0) is 6.00. The smallest absolute Gasteiger partial charge is 0.569 e. The van der Waals surface area contributed by atoms with Crippen LogP contribution in [0.25, 0.3) is 0 Å². The van der Waals surface area contributed by atoms with E-state index in [-0.39, 0.29) is 29.4 Å². The Balaban J connectivity index is -0.00000000500. The molecule has 0 bridgehead atoms. The number of hydrogen-bond acceptors (Lipinski definition) is 3. The maximum absolute atomic E-state index is 6.75. The summed E-state index contributed by atoms with van der Waals surface area (Å²) in [6, 6.07) is 0. The van der Waals surface area contributed by atoms with Crippen molar-refractivity contribution in [3.05, 3.63) is 21.3 Å². The van der Waals surface area contributed by atoms with E-state index in [1.54, 1.807) is 0 Å². The fourth-order valence-electron chi connectivity index (χ4n) is 0. The molecule has 0 aromatic heterocycles. The Morgan fingerprint density at radius 3 is 0.625 bits per heavy atom. The molecule has 0 radical (unpaired) electrons. The van der Waals surface area contributed by atoms with Crippen molar-refractivity contribution in [2.45, 2.75) is 0 Å². The van der Waals surface area contributed by atoms with E-state index in [1.807, 2.05) is 0 Å². The summed E-state index contributed by atoms with van der Waals surface area (Å²) in [5.41, 5.74) is 0. The minimum absolute atomic E-state index is 0. The second-order valence-electron chi connectivity index (χ2n) is 0. The van der Waals surface area contributed by atoms with Gasteiger partial charge in [0.2, 0.25) is 0 Å². The summed E-state index contributed by atoms with van der Waals surface area (Å²) in [7, 11) is 6.75. The molecule has 0 aliphatic rings. The molecule has 1 unspecified atom stereocenters. The van der Waals surface area contributed by atoms with Crippen LogP contribution in [-0.4, -0.2) is 15.3 Å². The number of hydrogen-bond donors (Lipinski definition) is 3. The van der Waals surface area contributed by atoms with Crippen LogP contribution in [0.5, 0.6) is 0 Å². The molecule has 0 saturated heterocycles. The first-order valence-corrected chi connectivity index (χ1v) is 0.949. The van der Waals surface area contributed by atoms with Gasteiger partial charge in [-0.05, 0) is 0 Å². The summed E-state index contributed by atoms with van der Waals surface area (Å²) < 4.78 is 0. The van der Waals surface area contributed by atoms with Crippen molar-refractivity contribution >= 4 is 9.90 Å². The van der Waals surface area contributed by atoms with Gasteiger partial charge in [0.05, 0.1) is 0 Å². The van der Waals surface area contributed by atoms with E-state index in [0.29, 0.717) is 0 Å². The summed E-state index contributed by atoms with van der Waals surface area (Å²) >= 11 is 0. The number of rotatable bonds is 0. The van der Waals surface area contributed by atoms with Gasteiger partial charge in [-0.3, -0.25) is 0 Å². The quantitative estimate of drug-likeness (QED) is 0.322. The van der Waals surface area contributed by atoms with Crippen LogP contribution in [-0.2, 0) is 19.5 Å². The Bertz CT molecular complexity index is 14.5. The largest absolute Gasteiger partial charge is 3.00 e. The van der Waals surface area contributed by atoms with Gasteiger partial charge in [-0.25, -0.2) is 21.3 Å². The van der Waals surface area contributed by atoms with Crippen LogP contribution in [0.4, 0.5) is 0 Å². The Hall–Kier alpha value is 0.933. The minimum Gasteiger partial charge on any atom is -0.569 e. The van der Waals surface area contributed by atoms with Crippen molar-refractivity contribution in [1.82, 2.24) is 0 Å². The predicted molar refractivity (Wildman–Crippen MR) is 33.0 cm³/mol. The van der Waals surface area contributed by atoms with Crippen molar-refractivity contribution in [3.63, 3.8) is 0 Å². The van der Waals surface area contributed by atoms with Crippen LogP contribution in [0, 0.1) is 21.3 Å². The van der Waals surface area contributed by atoms with E-state index in [0.717, 1.165) is 0 Å². The van der Waals surface area contributed by atoms with Crippen molar-refractivity contribution in [2.24, 2.45) is 0 Å². The first-order valence-electron chi connectivity index (χ1n) is 0.949. The molecule has 0 amide bonds. The standard InChI is InChI=1S/3CH3O.H3P.Rh/c3*1-2;;/h3*2H,1H2;1H3;/q3*-1;;+3. The zero-order valence-corrected chi connectivity index (χ0v) is 7.56. The first kappa shape index (κ1) is 36.3. The molecule has 0 aromatic carbocycles. The maximum atomic E-state index is 6.75. The Labute approximate surface area is 66.5 Å². The van der Waals surface area contributed by atoms with E-state index in [4.69, 9.17) is 15.3 Å². The van der Waals surface area contributed by atoms with Gasteiger partial charge in [0.25, 0.3) is 0 Å². The van der Waals surface area contributed by atoms with Crippen LogP contribution in [0.2, 0.25) is 0 Å². The minimum atomic E-state index is 0. The van der Waals surface area contributed by atoms with E-state index in [9.17, 15) is 0 Å². The second-order valence-corrected chi connectivity index (χ2v) is 0. The average Bonchev–Trinajstić information content (AvgIpc) is 1.81. The molecule has 0 heterocycles. The molecule has 8 heavy (non-hydrogen) atoms. The summed E-state index contributed by atoms with van der Waals surface area (Å²) in [4.78, 5) is 0. The topological polar surface area (TPSA) is 60.7 Å². The molecule has 0 fully saturated rings. The molecule has 0 aliphatic carbocycles. The van der Waals surface area contributed by atoms with Crippen molar-refractivity contribution in [2.75, 3.05) is 0 Å². The van der Waals surface area contributed by atoms with E-state index >= 15 is 0 Å². The number of aliphatic hydroxyl groups excluding tert-OH is 3. The summed E-state index contributed by atoms with van der Waals surface area (Å²) in [5, 5.41) is 20.2. The average molecular weight is 230 g/mol. The molecule has 56 valence electrons. The van der Waals surface area contributed by atoms with Crippen LogP contribution in [0.3, 0.4) is 0 Å². The van der Waals surface area contributed by atoms with Gasteiger partial charge in [0, 0.05) is 0 Å². The fourth-order valence-corrected chi connectivity index (χ4v) is 0. The summed E-state index contributed by atoms with van der Waals surface area (Å²) in [6.07, 6.45) is 0. The Morgan fingerprint density at radius 2 is 0.625 bits per heavy atom. The summed E-state index contributed by atoms with van der Waals surface area (Å²) in [5.74, 6) is 0. The summed E-state index contributed by atoms with van der Waals surface area (Å²) in [6.45, 7) is 0. The van der Waals surface area contributed by atoms with Gasteiger partial charge >= 0.3 is 19.5 Å². The molecule has 0 spiro atoms. The molecule has 3 N–H and O–H groups in total. The van der Waals surface area contributed by atoms with Crippen LogP contribution >= 0.6 is 9.90 Å². The van der Waals surface area contributed by atoms with Crippen molar-refractivity contribution in [1.29, 1.82) is 0 Å². The predicted octanol–water partition coefficient (Wildman–Crippen LogP) is 0.507. The van der Waals surface area contributed by atoms with Crippen LogP contribution in [0.1, 0.15) is 0 Å². The normalized spacial score (nSPS) is 2.25. The van der Waals surface area contributed by atoms with Crippen molar-refractivity contribution in [3.8, 4) is 0 Å². The molecule has 5 heteroatoms. The van der Waals surface area contributed by atoms with Gasteiger partial charge in [0.15, 0.2) is 0 Å². The van der Waals surface area contributed by atoms with E-state index < -0.39 is 0 Å². The molecule has 1 atom stereocenters. The van der Waals surface area contributed by atoms with Gasteiger partial charge in [-0.15, -0.1) is 0 Å². The molecular formula is C3H12O3PRh. The molecular weight excluding hydrogens is 218 g/mol. The van der Waals surface area contributed by atoms with Gasteiger partial charge in [0.1, 0.15) is 0 Å². The third kappa shape index (κ3) is 280. The molecule has 3 nitrogen and oxygen atoms in total. The molecule has 0 aromatic rings. The van der Waals surface area contributed by atoms with Gasteiger partial charge in [-0.1, -0.05) is 0 Å². The monoisotopic (exact) mass is 230 g/mol. The SMILES string of the molecule is P.[CH2-]O.[CH2-]O.[CH2-]O.[Rh+3]. The third-order valence-electron chi connectivity index (χ3n) is 0. The molecule has 0 aliphatic heterocycles.